The first kappa shape index (κ1) is 38.6. The van der Waals surface area contributed by atoms with Crippen LogP contribution in [0, 0.1) is 18.3 Å². The Morgan fingerprint density at radius 2 is 1.68 bits per heavy atom. The fourth-order valence-electron chi connectivity index (χ4n) is 9.17. The summed E-state index contributed by atoms with van der Waals surface area (Å²) >= 11 is 1.60. The van der Waals surface area contributed by atoms with Gasteiger partial charge in [-0.3, -0.25) is 14.3 Å². The number of aromatic nitrogens is 5. The molecule has 0 bridgehead atoms. The van der Waals surface area contributed by atoms with Gasteiger partial charge in [0.2, 0.25) is 11.8 Å². The molecular formula is C45H49N9O4S. The van der Waals surface area contributed by atoms with E-state index in [1.54, 1.807) is 28.4 Å². The number of fused-ring (bicyclic) bond motifs is 1. The quantitative estimate of drug-likeness (QED) is 0.149. The molecule has 1 spiro atoms. The summed E-state index contributed by atoms with van der Waals surface area (Å²) in [6.45, 7) is 11.7. The summed E-state index contributed by atoms with van der Waals surface area (Å²) in [5.74, 6) is 0.0174. The summed E-state index contributed by atoms with van der Waals surface area (Å²) in [7, 11) is 1.92. The Bertz CT molecular complexity index is 2540. The zero-order valence-corrected chi connectivity index (χ0v) is 34.7. The molecule has 0 aliphatic carbocycles. The number of amides is 2. The monoisotopic (exact) mass is 811 g/mol. The number of aryl methyl sites for hydroxylation is 2. The third-order valence-corrected chi connectivity index (χ3v) is 13.3. The number of para-hydroxylation sites is 1. The largest absolute Gasteiger partial charge is 0.507 e. The van der Waals surface area contributed by atoms with Crippen molar-refractivity contribution < 1.29 is 19.8 Å². The van der Waals surface area contributed by atoms with Gasteiger partial charge < -0.3 is 30.2 Å². The molecule has 0 radical (unpaired) electrons. The smallest absolute Gasteiger partial charge is 0.243 e. The van der Waals surface area contributed by atoms with Gasteiger partial charge in [0.15, 0.2) is 0 Å². The van der Waals surface area contributed by atoms with Gasteiger partial charge in [0.1, 0.15) is 17.6 Å². The van der Waals surface area contributed by atoms with E-state index in [1.807, 2.05) is 93.5 Å². The number of thiazole rings is 1. The number of hydrogen-bond donors (Lipinski definition) is 3. The van der Waals surface area contributed by atoms with E-state index in [9.17, 15) is 19.8 Å². The molecule has 2 amide bonds. The molecule has 6 heterocycles. The molecule has 3 N–H and O–H groups in total. The number of hydrogen-bond acceptors (Lipinski definition) is 11. The van der Waals surface area contributed by atoms with Crippen molar-refractivity contribution in [3.8, 4) is 27.4 Å². The molecule has 0 saturated carbocycles. The summed E-state index contributed by atoms with van der Waals surface area (Å²) in [6.07, 6.45) is -0.601. The lowest BCUT2D eigenvalue weighted by Crippen LogP contribution is -2.72. The van der Waals surface area contributed by atoms with Crippen molar-refractivity contribution in [2.75, 3.05) is 42.5 Å². The first-order valence-corrected chi connectivity index (χ1v) is 21.1. The molecule has 13 nitrogen and oxygen atoms in total. The third kappa shape index (κ3) is 7.18. The highest BCUT2D eigenvalue weighted by Crippen LogP contribution is 2.45. The third-order valence-electron chi connectivity index (χ3n) is 12.3. The molecule has 304 valence electrons. The predicted molar refractivity (Wildman–Crippen MR) is 229 cm³/mol. The average Bonchev–Trinajstić information content (AvgIpc) is 3.91. The Kier molecular flexibility index (Phi) is 9.87. The van der Waals surface area contributed by atoms with Crippen LogP contribution in [0.3, 0.4) is 0 Å². The zero-order chi connectivity index (χ0) is 41.2. The van der Waals surface area contributed by atoms with Crippen LogP contribution in [0.1, 0.15) is 56.1 Å². The van der Waals surface area contributed by atoms with E-state index in [1.165, 1.54) is 0 Å². The first-order valence-electron chi connectivity index (χ1n) is 20.3. The number of nitrogens with zero attached hydrogens (tertiary/aromatic N) is 8. The number of rotatable bonds is 10. The van der Waals surface area contributed by atoms with Gasteiger partial charge in [-0.15, -0.1) is 21.5 Å². The summed E-state index contributed by atoms with van der Waals surface area (Å²) in [5, 5.41) is 38.9. The molecule has 14 heteroatoms. The minimum Gasteiger partial charge on any atom is -0.507 e. The number of carbonyl (C=O) groups is 2. The Morgan fingerprint density at radius 1 is 0.932 bits per heavy atom. The molecule has 3 saturated heterocycles. The van der Waals surface area contributed by atoms with Gasteiger partial charge in [0, 0.05) is 74.3 Å². The first-order chi connectivity index (χ1) is 28.4. The Hall–Kier alpha value is -5.86. The van der Waals surface area contributed by atoms with Crippen LogP contribution < -0.4 is 15.1 Å². The number of aliphatic hydroxyl groups is 1. The van der Waals surface area contributed by atoms with Crippen LogP contribution >= 0.6 is 11.3 Å². The van der Waals surface area contributed by atoms with Crippen LogP contribution in [0.25, 0.3) is 32.6 Å². The lowest BCUT2D eigenvalue weighted by atomic mass is 9.72. The molecule has 3 aromatic carbocycles. The molecule has 9 rings (SSSR count). The lowest BCUT2D eigenvalue weighted by Gasteiger charge is -2.61. The molecule has 3 aliphatic heterocycles. The zero-order valence-electron chi connectivity index (χ0n) is 33.9. The number of carbonyl (C=O) groups excluding carboxylic acids is 2. The minimum atomic E-state index is -0.788. The van der Waals surface area contributed by atoms with Crippen LogP contribution in [0.5, 0.6) is 5.75 Å². The maximum Gasteiger partial charge on any atom is 0.243 e. The lowest BCUT2D eigenvalue weighted by molar-refractivity contribution is -0.140. The summed E-state index contributed by atoms with van der Waals surface area (Å²) in [5.41, 5.74) is 8.91. The highest BCUT2D eigenvalue weighted by atomic mass is 32.1. The van der Waals surface area contributed by atoms with Crippen LogP contribution in [0.4, 0.5) is 11.5 Å². The van der Waals surface area contributed by atoms with Crippen molar-refractivity contribution in [2.45, 2.75) is 58.2 Å². The standard InChI is InChI=1S/C45H49N9O4S/c1-26(2)41(44(58)54-20-33(55)18-38(54)43(57)47-27(3)29-10-12-30(13-11-29)42-28(4)46-25-59-42)37-19-40(51(5)50-37)53-23-45(24-53)21-52(22-45)32-15-14-31-16-36(49-48-35(31)17-32)34-8-6-7-9-39(34)56/h6-17,19,25-27,33,38,41,55-56H,18,20-24H2,1-5H3,(H,47,57)/t27?,33-,38+,41?/m1/s1. The fraction of sp³-hybridized carbons (Fsp3) is 0.378. The molecule has 3 aliphatic rings. The Labute approximate surface area is 347 Å². The van der Waals surface area contributed by atoms with Crippen LogP contribution in [0.15, 0.2) is 84.4 Å². The van der Waals surface area contributed by atoms with Crippen LogP contribution in [0.2, 0.25) is 0 Å². The molecule has 59 heavy (non-hydrogen) atoms. The van der Waals surface area contributed by atoms with Crippen molar-refractivity contribution in [1.82, 2.24) is 35.2 Å². The van der Waals surface area contributed by atoms with Gasteiger partial charge in [0.05, 0.1) is 51.0 Å². The number of likely N-dealkylation sites (tertiary alicyclic amines) is 1. The van der Waals surface area contributed by atoms with Crippen molar-refractivity contribution in [3.05, 3.63) is 101 Å². The molecule has 4 atom stereocenters. The number of aromatic hydroxyl groups is 1. The molecule has 6 aromatic rings. The average molecular weight is 812 g/mol. The van der Waals surface area contributed by atoms with E-state index in [0.717, 1.165) is 70.3 Å². The van der Waals surface area contributed by atoms with E-state index >= 15 is 0 Å². The summed E-state index contributed by atoms with van der Waals surface area (Å²) in [4.78, 5) is 39.9. The fourth-order valence-corrected chi connectivity index (χ4v) is 9.99. The van der Waals surface area contributed by atoms with E-state index in [4.69, 9.17) is 5.10 Å². The van der Waals surface area contributed by atoms with Gasteiger partial charge in [0.25, 0.3) is 0 Å². The Morgan fingerprint density at radius 3 is 2.39 bits per heavy atom. The van der Waals surface area contributed by atoms with Gasteiger partial charge in [-0.05, 0) is 61.2 Å². The molecule has 3 fully saturated rings. The highest BCUT2D eigenvalue weighted by molar-refractivity contribution is 7.13. The van der Waals surface area contributed by atoms with Gasteiger partial charge >= 0.3 is 0 Å². The number of benzene rings is 3. The number of nitrogens with one attached hydrogen (secondary N) is 1. The Balaban J connectivity index is 0.832. The van der Waals surface area contributed by atoms with Crippen molar-refractivity contribution in [3.63, 3.8) is 0 Å². The van der Waals surface area contributed by atoms with Gasteiger partial charge in [-0.2, -0.15) is 5.10 Å². The predicted octanol–water partition coefficient (Wildman–Crippen LogP) is 6.07. The second-order valence-electron chi connectivity index (χ2n) is 17.0. The number of anilines is 2. The van der Waals surface area contributed by atoms with E-state index in [2.05, 4.69) is 48.5 Å². The maximum absolute atomic E-state index is 14.4. The number of phenols is 1. The van der Waals surface area contributed by atoms with Crippen molar-refractivity contribution in [2.24, 2.45) is 18.4 Å². The topological polar surface area (TPSA) is 153 Å². The highest BCUT2D eigenvalue weighted by Gasteiger charge is 2.53. The van der Waals surface area contributed by atoms with Gasteiger partial charge in [-0.25, -0.2) is 4.98 Å². The number of phenolic OH excluding ortho intramolecular Hbond substituents is 1. The van der Waals surface area contributed by atoms with E-state index < -0.39 is 18.1 Å². The number of aliphatic hydroxyl groups excluding tert-OH is 1. The minimum absolute atomic E-state index is 0.0852. The normalized spacial score (nSPS) is 19.5. The van der Waals surface area contributed by atoms with Gasteiger partial charge in [-0.1, -0.05) is 56.3 Å². The number of β-amino-alcohol motifs (C(OH)–C–C–N with tert-alkyl or cyclic N) is 1. The molecular weight excluding hydrogens is 763 g/mol. The summed E-state index contributed by atoms with van der Waals surface area (Å²) in [6, 6.07) is 24.4. The molecule has 3 aromatic heterocycles. The van der Waals surface area contributed by atoms with Crippen molar-refractivity contribution >= 4 is 45.6 Å². The SMILES string of the molecule is Cc1ncsc1-c1ccc(C(C)NC(=O)[C@@H]2C[C@@H](O)CN2C(=O)C(c2cc(N3CC4(CN(c5ccc6cc(-c7ccccc7O)nnc6c5)C4)C3)n(C)n2)C(C)C)cc1. The summed E-state index contributed by atoms with van der Waals surface area (Å²) < 4.78 is 1.86. The maximum atomic E-state index is 14.4. The second kappa shape index (κ2) is 15.1. The molecule has 2 unspecified atom stereocenters. The van der Waals surface area contributed by atoms with E-state index in [0.29, 0.717) is 17.0 Å². The van der Waals surface area contributed by atoms with Crippen molar-refractivity contribution in [1.29, 1.82) is 0 Å². The second-order valence-corrected chi connectivity index (χ2v) is 17.8. The van der Waals surface area contributed by atoms with Crippen LogP contribution in [-0.4, -0.2) is 96.8 Å². The van der Waals surface area contributed by atoms with Crippen LogP contribution in [-0.2, 0) is 16.6 Å². The van der Waals surface area contributed by atoms with E-state index in [-0.39, 0.29) is 47.9 Å².